The molecule has 2 rings (SSSR count). The average Bonchev–Trinajstić information content (AvgIpc) is 2.77. The maximum atomic E-state index is 7.42. The third-order valence-corrected chi connectivity index (χ3v) is 4.03. The molecular weight excluding hydrogens is 186 g/mol. The van der Waals surface area contributed by atoms with E-state index in [1.54, 1.807) is 0 Å². The summed E-state index contributed by atoms with van der Waals surface area (Å²) in [5.74, 6) is 0.375. The molecule has 1 aliphatic heterocycles. The zero-order valence-corrected chi connectivity index (χ0v) is 9.76. The number of rotatable bonds is 5. The molecule has 1 atom stereocenters. The topological polar surface area (TPSA) is 53.1 Å². The second-order valence-corrected chi connectivity index (χ2v) is 5.38. The van der Waals surface area contributed by atoms with Gasteiger partial charge in [-0.15, -0.1) is 0 Å². The van der Waals surface area contributed by atoms with E-state index in [2.05, 4.69) is 11.8 Å². The normalized spacial score (nSPS) is 29.3. The first kappa shape index (κ1) is 10.9. The Morgan fingerprint density at radius 1 is 1.53 bits per heavy atom. The van der Waals surface area contributed by atoms with Crippen LogP contribution in [-0.2, 0) is 0 Å². The summed E-state index contributed by atoms with van der Waals surface area (Å²) in [4.78, 5) is 2.63. The Balaban J connectivity index is 1.88. The van der Waals surface area contributed by atoms with Crippen molar-refractivity contribution < 1.29 is 0 Å². The van der Waals surface area contributed by atoms with E-state index in [0.29, 0.717) is 11.3 Å². The highest BCUT2D eigenvalue weighted by molar-refractivity contribution is 5.78. The van der Waals surface area contributed by atoms with Gasteiger partial charge in [-0.1, -0.05) is 6.92 Å². The zero-order chi connectivity index (χ0) is 10.9. The monoisotopic (exact) mass is 209 g/mol. The van der Waals surface area contributed by atoms with Crippen molar-refractivity contribution in [2.45, 2.75) is 51.5 Å². The standard InChI is InChI=1S/C12H23N3/c1-2-10-4-3-7-15(10)9-12(5-6-12)8-11(13)14/h10H,2-9H2,1H3,(H3,13,14). The molecule has 0 radical (unpaired) electrons. The molecule has 1 unspecified atom stereocenters. The van der Waals surface area contributed by atoms with Crippen LogP contribution in [0, 0.1) is 10.8 Å². The van der Waals surface area contributed by atoms with E-state index in [9.17, 15) is 0 Å². The molecule has 15 heavy (non-hydrogen) atoms. The first-order chi connectivity index (χ1) is 7.15. The van der Waals surface area contributed by atoms with Crippen LogP contribution in [0.25, 0.3) is 0 Å². The van der Waals surface area contributed by atoms with Gasteiger partial charge in [0.1, 0.15) is 0 Å². The number of hydrogen-bond donors (Lipinski definition) is 2. The van der Waals surface area contributed by atoms with Gasteiger partial charge in [-0.2, -0.15) is 0 Å². The summed E-state index contributed by atoms with van der Waals surface area (Å²) in [6.07, 6.45) is 7.37. The van der Waals surface area contributed by atoms with Gasteiger partial charge in [-0.05, 0) is 44.1 Å². The second kappa shape index (κ2) is 4.12. The van der Waals surface area contributed by atoms with Crippen LogP contribution in [-0.4, -0.2) is 29.9 Å². The van der Waals surface area contributed by atoms with E-state index >= 15 is 0 Å². The predicted octanol–water partition coefficient (Wildman–Crippen LogP) is 1.97. The van der Waals surface area contributed by atoms with Crippen molar-refractivity contribution in [3.8, 4) is 0 Å². The van der Waals surface area contributed by atoms with E-state index in [1.165, 1.54) is 45.2 Å². The summed E-state index contributed by atoms with van der Waals surface area (Å²) in [6, 6.07) is 0.800. The maximum absolute atomic E-state index is 7.42. The van der Waals surface area contributed by atoms with E-state index < -0.39 is 0 Å². The molecule has 0 bridgehead atoms. The number of nitrogens with two attached hydrogens (primary N) is 1. The fourth-order valence-electron chi connectivity index (χ4n) is 2.97. The minimum atomic E-state index is 0.375. The first-order valence-corrected chi connectivity index (χ1v) is 6.22. The van der Waals surface area contributed by atoms with Gasteiger partial charge in [0.25, 0.3) is 0 Å². The first-order valence-electron chi connectivity index (χ1n) is 6.22. The van der Waals surface area contributed by atoms with Crippen molar-refractivity contribution in [3.05, 3.63) is 0 Å². The molecule has 1 saturated carbocycles. The van der Waals surface area contributed by atoms with Gasteiger partial charge in [-0.25, -0.2) is 0 Å². The van der Waals surface area contributed by atoms with Crippen molar-refractivity contribution in [2.24, 2.45) is 11.1 Å². The fourth-order valence-corrected chi connectivity index (χ4v) is 2.97. The van der Waals surface area contributed by atoms with Gasteiger partial charge in [0.15, 0.2) is 0 Å². The van der Waals surface area contributed by atoms with Crippen molar-refractivity contribution in [2.75, 3.05) is 13.1 Å². The van der Waals surface area contributed by atoms with Crippen LogP contribution < -0.4 is 5.73 Å². The maximum Gasteiger partial charge on any atom is 0.0911 e. The fraction of sp³-hybridized carbons (Fsp3) is 0.917. The van der Waals surface area contributed by atoms with Crippen LogP contribution >= 0.6 is 0 Å². The molecule has 0 spiro atoms. The zero-order valence-electron chi connectivity index (χ0n) is 9.76. The lowest BCUT2D eigenvalue weighted by atomic mass is 10.0. The minimum absolute atomic E-state index is 0.375. The molecule has 1 heterocycles. The van der Waals surface area contributed by atoms with Crippen LogP contribution in [0.1, 0.15) is 45.4 Å². The van der Waals surface area contributed by atoms with Crippen molar-refractivity contribution in [3.63, 3.8) is 0 Å². The summed E-state index contributed by atoms with van der Waals surface area (Å²) in [7, 11) is 0. The molecular formula is C12H23N3. The summed E-state index contributed by atoms with van der Waals surface area (Å²) in [6.45, 7) is 4.73. The summed E-state index contributed by atoms with van der Waals surface area (Å²) < 4.78 is 0. The van der Waals surface area contributed by atoms with Gasteiger partial charge < -0.3 is 5.73 Å². The molecule has 86 valence electrons. The van der Waals surface area contributed by atoms with E-state index in [-0.39, 0.29) is 0 Å². The Morgan fingerprint density at radius 2 is 2.27 bits per heavy atom. The van der Waals surface area contributed by atoms with Crippen molar-refractivity contribution in [1.29, 1.82) is 5.41 Å². The highest BCUT2D eigenvalue weighted by Crippen LogP contribution is 2.50. The van der Waals surface area contributed by atoms with Gasteiger partial charge in [0, 0.05) is 19.0 Å². The molecule has 0 aromatic heterocycles. The molecule has 2 fully saturated rings. The Kier molecular flexibility index (Phi) is 3.01. The molecule has 3 heteroatoms. The van der Waals surface area contributed by atoms with Crippen LogP contribution in [0.5, 0.6) is 0 Å². The molecule has 2 aliphatic rings. The Labute approximate surface area is 92.5 Å². The van der Waals surface area contributed by atoms with Crippen LogP contribution in [0.4, 0.5) is 0 Å². The minimum Gasteiger partial charge on any atom is -0.388 e. The highest BCUT2D eigenvalue weighted by atomic mass is 15.2. The third-order valence-electron chi connectivity index (χ3n) is 4.03. The van der Waals surface area contributed by atoms with E-state index in [4.69, 9.17) is 11.1 Å². The van der Waals surface area contributed by atoms with Crippen LogP contribution in [0.15, 0.2) is 0 Å². The lowest BCUT2D eigenvalue weighted by Crippen LogP contribution is -2.35. The Hall–Kier alpha value is -0.570. The highest BCUT2D eigenvalue weighted by Gasteiger charge is 2.45. The molecule has 3 nitrogen and oxygen atoms in total. The van der Waals surface area contributed by atoms with Gasteiger partial charge in [0.05, 0.1) is 5.84 Å². The molecule has 1 saturated heterocycles. The molecule has 0 amide bonds. The van der Waals surface area contributed by atoms with Gasteiger partial charge in [0.2, 0.25) is 0 Å². The predicted molar refractivity (Wildman–Crippen MR) is 63.1 cm³/mol. The summed E-state index contributed by atoms with van der Waals surface area (Å²) in [5, 5.41) is 7.42. The van der Waals surface area contributed by atoms with Crippen LogP contribution in [0.2, 0.25) is 0 Å². The molecule has 1 aliphatic carbocycles. The van der Waals surface area contributed by atoms with Crippen molar-refractivity contribution in [1.82, 2.24) is 4.90 Å². The molecule has 0 aromatic carbocycles. The van der Waals surface area contributed by atoms with E-state index in [0.717, 1.165) is 12.5 Å². The van der Waals surface area contributed by atoms with Crippen molar-refractivity contribution >= 4 is 5.84 Å². The number of hydrogen-bond acceptors (Lipinski definition) is 2. The second-order valence-electron chi connectivity index (χ2n) is 5.38. The van der Waals surface area contributed by atoms with Crippen LogP contribution in [0.3, 0.4) is 0 Å². The average molecular weight is 209 g/mol. The van der Waals surface area contributed by atoms with Gasteiger partial charge in [-0.3, -0.25) is 10.3 Å². The number of amidine groups is 1. The molecule has 3 N–H and O–H groups in total. The van der Waals surface area contributed by atoms with Gasteiger partial charge >= 0.3 is 0 Å². The quantitative estimate of drug-likeness (QED) is 0.537. The Morgan fingerprint density at radius 3 is 2.80 bits per heavy atom. The Bertz CT molecular complexity index is 245. The summed E-state index contributed by atoms with van der Waals surface area (Å²) >= 11 is 0. The molecule has 0 aromatic rings. The number of nitrogens with one attached hydrogen (secondary N) is 1. The lowest BCUT2D eigenvalue weighted by Gasteiger charge is -2.28. The number of likely N-dealkylation sites (tertiary alicyclic amines) is 1. The lowest BCUT2D eigenvalue weighted by molar-refractivity contribution is 0.201. The third kappa shape index (κ3) is 2.51. The van der Waals surface area contributed by atoms with E-state index in [1.807, 2.05) is 0 Å². The smallest absolute Gasteiger partial charge is 0.0911 e. The summed E-state index contributed by atoms with van der Waals surface area (Å²) in [5.41, 5.74) is 5.92. The SMILES string of the molecule is CCC1CCCN1CC1(CC(=N)N)CC1. The largest absolute Gasteiger partial charge is 0.388 e. The number of nitrogens with zero attached hydrogens (tertiary/aromatic N) is 1.